The molecule has 2 heterocycles. The molecule has 1 fully saturated rings. The Labute approximate surface area is 95.5 Å². The van der Waals surface area contributed by atoms with E-state index >= 15 is 0 Å². The molecule has 1 saturated heterocycles. The molecule has 0 bridgehead atoms. The Kier molecular flexibility index (Phi) is 3.50. The van der Waals surface area contributed by atoms with Crippen LogP contribution in [0.4, 0.5) is 0 Å². The quantitative estimate of drug-likeness (QED) is 0.762. The Bertz CT molecular complexity index is 393. The van der Waals surface area contributed by atoms with Gasteiger partial charge < -0.3 is 4.74 Å². The summed E-state index contributed by atoms with van der Waals surface area (Å²) in [5.74, 6) is 0. The molecular formula is C12H15N3O. The summed E-state index contributed by atoms with van der Waals surface area (Å²) in [5.41, 5.74) is 1.51. The van der Waals surface area contributed by atoms with Crippen LogP contribution in [0, 0.1) is 11.3 Å². The molecular weight excluding hydrogens is 202 g/mol. The second kappa shape index (κ2) is 5.06. The van der Waals surface area contributed by atoms with Gasteiger partial charge in [-0.3, -0.25) is 4.90 Å². The van der Waals surface area contributed by atoms with Crippen molar-refractivity contribution in [3.63, 3.8) is 0 Å². The summed E-state index contributed by atoms with van der Waals surface area (Å²) >= 11 is 0. The highest BCUT2D eigenvalue weighted by atomic mass is 16.5. The third kappa shape index (κ3) is 2.38. The lowest BCUT2D eigenvalue weighted by molar-refractivity contribution is 0.156. The van der Waals surface area contributed by atoms with Crippen molar-refractivity contribution in [1.29, 1.82) is 5.26 Å². The topological polar surface area (TPSA) is 49.2 Å². The number of ether oxygens (including phenoxy) is 1. The molecule has 2 rings (SSSR count). The van der Waals surface area contributed by atoms with E-state index in [0.29, 0.717) is 11.7 Å². The van der Waals surface area contributed by atoms with E-state index in [1.165, 1.54) is 0 Å². The third-order valence-electron chi connectivity index (χ3n) is 2.95. The zero-order valence-electron chi connectivity index (χ0n) is 9.39. The van der Waals surface area contributed by atoms with Gasteiger partial charge in [-0.15, -0.1) is 0 Å². The minimum atomic E-state index is 0.465. The minimum Gasteiger partial charge on any atom is -0.380 e. The fourth-order valence-corrected chi connectivity index (χ4v) is 1.93. The molecule has 0 N–H and O–H groups in total. The highest BCUT2D eigenvalue weighted by molar-refractivity contribution is 5.30. The molecule has 0 aliphatic carbocycles. The molecule has 4 heteroatoms. The van der Waals surface area contributed by atoms with E-state index in [9.17, 15) is 0 Å². The maximum absolute atomic E-state index is 8.94. The van der Waals surface area contributed by atoms with E-state index in [-0.39, 0.29) is 0 Å². The Balaban J connectivity index is 2.05. The third-order valence-corrected chi connectivity index (χ3v) is 2.95. The molecule has 4 nitrogen and oxygen atoms in total. The van der Waals surface area contributed by atoms with Gasteiger partial charge in [-0.1, -0.05) is 6.07 Å². The zero-order valence-corrected chi connectivity index (χ0v) is 9.39. The van der Waals surface area contributed by atoms with Crippen molar-refractivity contribution >= 4 is 0 Å². The predicted molar refractivity (Wildman–Crippen MR) is 59.6 cm³/mol. The van der Waals surface area contributed by atoms with Crippen molar-refractivity contribution in [3.05, 3.63) is 29.6 Å². The van der Waals surface area contributed by atoms with Gasteiger partial charge >= 0.3 is 0 Å². The Morgan fingerprint density at radius 3 is 3.25 bits per heavy atom. The number of nitriles is 1. The first-order chi connectivity index (χ1) is 7.81. The van der Waals surface area contributed by atoms with Crippen LogP contribution in [0.15, 0.2) is 18.3 Å². The van der Waals surface area contributed by atoms with Crippen LogP contribution < -0.4 is 0 Å². The fraction of sp³-hybridized carbons (Fsp3) is 0.500. The second-order valence-electron chi connectivity index (χ2n) is 4.06. The molecule has 0 amide bonds. The van der Waals surface area contributed by atoms with Gasteiger partial charge in [0.25, 0.3) is 0 Å². The summed E-state index contributed by atoms with van der Waals surface area (Å²) in [4.78, 5) is 6.28. The van der Waals surface area contributed by atoms with Crippen LogP contribution >= 0.6 is 0 Å². The van der Waals surface area contributed by atoms with Crippen LogP contribution in [0.3, 0.4) is 0 Å². The maximum atomic E-state index is 8.94. The molecule has 16 heavy (non-hydrogen) atoms. The molecule has 1 aromatic heterocycles. The van der Waals surface area contributed by atoms with Crippen LogP contribution in [-0.4, -0.2) is 36.2 Å². The standard InChI is InChI=1S/C12H15N3O/c1-15(11-4-6-16-9-11)8-10-3-2-5-14-12(10)7-13/h2-3,5,11H,4,6,8-9H2,1H3. The molecule has 1 unspecified atom stereocenters. The first kappa shape index (κ1) is 11.1. The molecule has 84 valence electrons. The van der Waals surface area contributed by atoms with Crippen molar-refractivity contribution in [2.24, 2.45) is 0 Å². The summed E-state index contributed by atoms with van der Waals surface area (Å²) in [6, 6.07) is 6.41. The smallest absolute Gasteiger partial charge is 0.144 e. The summed E-state index contributed by atoms with van der Waals surface area (Å²) in [6.07, 6.45) is 2.72. The summed E-state index contributed by atoms with van der Waals surface area (Å²) in [5, 5.41) is 8.94. The molecule has 0 saturated carbocycles. The van der Waals surface area contributed by atoms with Gasteiger partial charge in [0, 0.05) is 31.0 Å². The first-order valence-corrected chi connectivity index (χ1v) is 5.43. The van der Waals surface area contributed by atoms with E-state index in [2.05, 4.69) is 23.0 Å². The molecule has 0 radical (unpaired) electrons. The molecule has 1 aliphatic heterocycles. The van der Waals surface area contributed by atoms with Gasteiger partial charge in [-0.05, 0) is 19.5 Å². The SMILES string of the molecule is CN(Cc1cccnc1C#N)C1CCOC1. The number of likely N-dealkylation sites (N-methyl/N-ethyl adjacent to an activating group) is 1. The van der Waals surface area contributed by atoms with Crippen molar-refractivity contribution in [2.45, 2.75) is 19.0 Å². The van der Waals surface area contributed by atoms with Gasteiger partial charge in [0.2, 0.25) is 0 Å². The molecule has 1 aromatic rings. The van der Waals surface area contributed by atoms with E-state index in [0.717, 1.165) is 31.7 Å². The normalized spacial score (nSPS) is 19.9. The van der Waals surface area contributed by atoms with Gasteiger partial charge in [0.05, 0.1) is 6.61 Å². The average Bonchev–Trinajstić information content (AvgIpc) is 2.83. The van der Waals surface area contributed by atoms with Gasteiger partial charge in [-0.25, -0.2) is 4.98 Å². The second-order valence-corrected chi connectivity index (χ2v) is 4.06. The Hall–Kier alpha value is -1.44. The number of hydrogen-bond donors (Lipinski definition) is 0. The lowest BCUT2D eigenvalue weighted by atomic mass is 10.1. The van der Waals surface area contributed by atoms with E-state index in [4.69, 9.17) is 10.00 Å². The van der Waals surface area contributed by atoms with Crippen LogP contribution in [0.25, 0.3) is 0 Å². The largest absolute Gasteiger partial charge is 0.380 e. The maximum Gasteiger partial charge on any atom is 0.144 e. The lowest BCUT2D eigenvalue weighted by Crippen LogP contribution is -2.31. The van der Waals surface area contributed by atoms with E-state index in [1.54, 1.807) is 6.20 Å². The molecule has 1 aliphatic rings. The van der Waals surface area contributed by atoms with Gasteiger partial charge in [0.15, 0.2) is 0 Å². The van der Waals surface area contributed by atoms with E-state index < -0.39 is 0 Å². The Morgan fingerprint density at radius 2 is 2.56 bits per heavy atom. The summed E-state index contributed by atoms with van der Waals surface area (Å²) in [6.45, 7) is 2.39. The molecule has 1 atom stereocenters. The van der Waals surface area contributed by atoms with Crippen LogP contribution in [0.5, 0.6) is 0 Å². The molecule has 0 aromatic carbocycles. The van der Waals surface area contributed by atoms with Crippen molar-refractivity contribution in [2.75, 3.05) is 20.3 Å². The number of rotatable bonds is 3. The number of pyridine rings is 1. The fourth-order valence-electron chi connectivity index (χ4n) is 1.93. The van der Waals surface area contributed by atoms with Crippen molar-refractivity contribution in [3.8, 4) is 6.07 Å². The van der Waals surface area contributed by atoms with Gasteiger partial charge in [0.1, 0.15) is 11.8 Å². The predicted octanol–water partition coefficient (Wildman–Crippen LogP) is 1.17. The molecule has 0 spiro atoms. The minimum absolute atomic E-state index is 0.465. The summed E-state index contributed by atoms with van der Waals surface area (Å²) < 4.78 is 5.35. The highest BCUT2D eigenvalue weighted by Gasteiger charge is 2.20. The van der Waals surface area contributed by atoms with Crippen LogP contribution in [-0.2, 0) is 11.3 Å². The number of aromatic nitrogens is 1. The Morgan fingerprint density at radius 1 is 1.69 bits per heavy atom. The van der Waals surface area contributed by atoms with Gasteiger partial charge in [-0.2, -0.15) is 5.26 Å². The first-order valence-electron chi connectivity index (χ1n) is 5.43. The lowest BCUT2D eigenvalue weighted by Gasteiger charge is -2.22. The summed E-state index contributed by atoms with van der Waals surface area (Å²) in [7, 11) is 2.06. The van der Waals surface area contributed by atoms with Crippen molar-refractivity contribution < 1.29 is 4.74 Å². The van der Waals surface area contributed by atoms with E-state index in [1.807, 2.05) is 12.1 Å². The zero-order chi connectivity index (χ0) is 11.4. The monoisotopic (exact) mass is 217 g/mol. The average molecular weight is 217 g/mol. The van der Waals surface area contributed by atoms with Crippen LogP contribution in [0.1, 0.15) is 17.7 Å². The van der Waals surface area contributed by atoms with Crippen molar-refractivity contribution in [1.82, 2.24) is 9.88 Å². The highest BCUT2D eigenvalue weighted by Crippen LogP contribution is 2.15. The van der Waals surface area contributed by atoms with Crippen LogP contribution in [0.2, 0.25) is 0 Å². The number of nitrogens with zero attached hydrogens (tertiary/aromatic N) is 3. The number of hydrogen-bond acceptors (Lipinski definition) is 4.